The Morgan fingerprint density at radius 1 is 0.438 bits per heavy atom. The molecule has 0 unspecified atom stereocenters. The molecule has 0 atom stereocenters. The topological polar surface area (TPSA) is 3.24 Å². The van der Waals surface area contributed by atoms with E-state index < -0.39 is 0 Å². The van der Waals surface area contributed by atoms with Gasteiger partial charge < -0.3 is 4.90 Å². The van der Waals surface area contributed by atoms with Crippen LogP contribution in [0.15, 0.2) is 133 Å². The Balaban J connectivity index is 1.62. The standard InChI is InChI=1S/C30H24BN/c31-26-12-9-15-28(22-26)32(27-13-5-2-6-14-27)30-17-8-7-16-29(30)25-20-18-24(19-21-25)23-10-3-1-4-11-23/h1-22H,31H2. The summed E-state index contributed by atoms with van der Waals surface area (Å²) in [4.78, 5) is 2.34. The summed E-state index contributed by atoms with van der Waals surface area (Å²) in [6, 6.07) is 47.3. The molecule has 0 aliphatic carbocycles. The summed E-state index contributed by atoms with van der Waals surface area (Å²) in [5, 5.41) is 0. The molecule has 0 radical (unpaired) electrons. The second kappa shape index (κ2) is 8.99. The Hall–Kier alpha value is -4.04. The average Bonchev–Trinajstić information content (AvgIpc) is 2.86. The van der Waals surface area contributed by atoms with E-state index in [-0.39, 0.29) is 0 Å². The number of rotatable bonds is 5. The number of para-hydroxylation sites is 2. The van der Waals surface area contributed by atoms with Crippen molar-refractivity contribution >= 4 is 30.4 Å². The van der Waals surface area contributed by atoms with Crippen molar-refractivity contribution in [2.75, 3.05) is 4.90 Å². The first-order chi connectivity index (χ1) is 15.8. The van der Waals surface area contributed by atoms with E-state index in [9.17, 15) is 0 Å². The van der Waals surface area contributed by atoms with Gasteiger partial charge in [0.25, 0.3) is 0 Å². The molecular formula is C30H24BN. The summed E-state index contributed by atoms with van der Waals surface area (Å²) in [6.07, 6.45) is 0. The summed E-state index contributed by atoms with van der Waals surface area (Å²) < 4.78 is 0. The van der Waals surface area contributed by atoms with Crippen molar-refractivity contribution in [1.29, 1.82) is 0 Å². The van der Waals surface area contributed by atoms with Crippen LogP contribution in [0.2, 0.25) is 0 Å². The van der Waals surface area contributed by atoms with E-state index in [1.165, 1.54) is 27.7 Å². The Kier molecular flexibility index (Phi) is 5.59. The molecule has 5 rings (SSSR count). The number of anilines is 3. The molecule has 5 aromatic rings. The normalized spacial score (nSPS) is 10.6. The first-order valence-corrected chi connectivity index (χ1v) is 11.0. The molecule has 0 aliphatic heterocycles. The number of nitrogens with zero attached hydrogens (tertiary/aromatic N) is 1. The van der Waals surface area contributed by atoms with Crippen molar-refractivity contribution in [3.05, 3.63) is 133 Å². The van der Waals surface area contributed by atoms with Gasteiger partial charge in [-0.15, -0.1) is 0 Å². The number of benzene rings is 5. The molecule has 0 saturated carbocycles. The minimum atomic E-state index is 1.14. The summed E-state index contributed by atoms with van der Waals surface area (Å²) in [5.74, 6) is 0. The van der Waals surface area contributed by atoms with Gasteiger partial charge in [0, 0.05) is 16.9 Å². The van der Waals surface area contributed by atoms with Crippen LogP contribution in [0, 0.1) is 0 Å². The van der Waals surface area contributed by atoms with Crippen LogP contribution in [0.1, 0.15) is 0 Å². The predicted octanol–water partition coefficient (Wildman–Crippen LogP) is 6.75. The van der Waals surface area contributed by atoms with E-state index in [0.29, 0.717) is 0 Å². The highest BCUT2D eigenvalue weighted by Gasteiger charge is 2.16. The Morgan fingerprint density at radius 2 is 1.00 bits per heavy atom. The van der Waals surface area contributed by atoms with Gasteiger partial charge in [-0.05, 0) is 47.0 Å². The van der Waals surface area contributed by atoms with Crippen LogP contribution in [0.5, 0.6) is 0 Å². The van der Waals surface area contributed by atoms with E-state index in [1.807, 2.05) is 0 Å². The maximum atomic E-state index is 2.34. The van der Waals surface area contributed by atoms with Crippen molar-refractivity contribution in [2.24, 2.45) is 0 Å². The molecule has 0 bridgehead atoms. The van der Waals surface area contributed by atoms with E-state index in [0.717, 1.165) is 17.1 Å². The SMILES string of the molecule is Bc1cccc(N(c2ccccc2)c2ccccc2-c2ccc(-c3ccccc3)cc2)c1. The smallest absolute Gasteiger partial charge is 0.139 e. The minimum Gasteiger partial charge on any atom is -0.310 e. The van der Waals surface area contributed by atoms with E-state index in [1.54, 1.807) is 0 Å². The minimum absolute atomic E-state index is 1.14. The van der Waals surface area contributed by atoms with Gasteiger partial charge in [-0.2, -0.15) is 0 Å². The van der Waals surface area contributed by atoms with Gasteiger partial charge in [-0.1, -0.05) is 109 Å². The average molecular weight is 409 g/mol. The van der Waals surface area contributed by atoms with Gasteiger partial charge in [0.05, 0.1) is 5.69 Å². The van der Waals surface area contributed by atoms with E-state index >= 15 is 0 Å². The maximum Gasteiger partial charge on any atom is 0.139 e. The summed E-state index contributed by atoms with van der Waals surface area (Å²) in [5.41, 5.74) is 9.58. The molecule has 32 heavy (non-hydrogen) atoms. The number of hydrogen-bond acceptors (Lipinski definition) is 1. The zero-order chi connectivity index (χ0) is 21.8. The molecule has 0 fully saturated rings. The third-order valence-electron chi connectivity index (χ3n) is 5.72. The van der Waals surface area contributed by atoms with Crippen molar-refractivity contribution in [3.8, 4) is 22.3 Å². The van der Waals surface area contributed by atoms with Crippen LogP contribution in [0.25, 0.3) is 22.3 Å². The van der Waals surface area contributed by atoms with Crippen LogP contribution in [-0.2, 0) is 0 Å². The first-order valence-electron chi connectivity index (χ1n) is 11.0. The molecule has 1 nitrogen and oxygen atoms in total. The molecule has 0 amide bonds. The van der Waals surface area contributed by atoms with Gasteiger partial charge in [-0.3, -0.25) is 0 Å². The summed E-state index contributed by atoms with van der Waals surface area (Å²) >= 11 is 0. The molecule has 0 aromatic heterocycles. The fourth-order valence-electron chi connectivity index (χ4n) is 4.16. The highest BCUT2D eigenvalue weighted by atomic mass is 15.1. The van der Waals surface area contributed by atoms with Crippen LogP contribution in [0.3, 0.4) is 0 Å². The lowest BCUT2D eigenvalue weighted by Gasteiger charge is -2.28. The zero-order valence-electron chi connectivity index (χ0n) is 18.1. The van der Waals surface area contributed by atoms with Gasteiger partial charge in [0.2, 0.25) is 0 Å². The lowest BCUT2D eigenvalue weighted by atomic mass is 9.95. The molecule has 0 heterocycles. The fourth-order valence-corrected chi connectivity index (χ4v) is 4.16. The summed E-state index contributed by atoms with van der Waals surface area (Å²) in [6.45, 7) is 0. The Morgan fingerprint density at radius 3 is 1.72 bits per heavy atom. The zero-order valence-corrected chi connectivity index (χ0v) is 18.1. The lowest BCUT2D eigenvalue weighted by Crippen LogP contribution is -2.13. The Bertz CT molecular complexity index is 1310. The van der Waals surface area contributed by atoms with Gasteiger partial charge in [-0.25, -0.2) is 0 Å². The lowest BCUT2D eigenvalue weighted by molar-refractivity contribution is 1.29. The molecule has 0 saturated heterocycles. The molecule has 5 aromatic carbocycles. The molecule has 2 heteroatoms. The highest BCUT2D eigenvalue weighted by Crippen LogP contribution is 2.40. The van der Waals surface area contributed by atoms with Crippen LogP contribution >= 0.6 is 0 Å². The number of hydrogen-bond donors (Lipinski definition) is 0. The van der Waals surface area contributed by atoms with Gasteiger partial charge in [0.1, 0.15) is 7.85 Å². The molecule has 0 N–H and O–H groups in total. The second-order valence-corrected chi connectivity index (χ2v) is 7.97. The molecule has 0 aliphatic rings. The molecule has 152 valence electrons. The van der Waals surface area contributed by atoms with Gasteiger partial charge >= 0.3 is 0 Å². The van der Waals surface area contributed by atoms with E-state index in [4.69, 9.17) is 0 Å². The highest BCUT2D eigenvalue weighted by molar-refractivity contribution is 6.32. The first kappa shape index (κ1) is 19.9. The van der Waals surface area contributed by atoms with Crippen molar-refractivity contribution in [1.82, 2.24) is 0 Å². The predicted molar refractivity (Wildman–Crippen MR) is 140 cm³/mol. The maximum absolute atomic E-state index is 2.34. The molecular weight excluding hydrogens is 385 g/mol. The van der Waals surface area contributed by atoms with Crippen LogP contribution in [-0.4, -0.2) is 7.85 Å². The van der Waals surface area contributed by atoms with E-state index in [2.05, 4.69) is 146 Å². The van der Waals surface area contributed by atoms with Crippen LogP contribution in [0.4, 0.5) is 17.1 Å². The monoisotopic (exact) mass is 409 g/mol. The Labute approximate surface area is 191 Å². The summed E-state index contributed by atoms with van der Waals surface area (Å²) in [7, 11) is 2.14. The van der Waals surface area contributed by atoms with Crippen molar-refractivity contribution in [2.45, 2.75) is 0 Å². The van der Waals surface area contributed by atoms with Crippen LogP contribution < -0.4 is 10.4 Å². The van der Waals surface area contributed by atoms with Crippen molar-refractivity contribution in [3.63, 3.8) is 0 Å². The quantitative estimate of drug-likeness (QED) is 0.290. The fraction of sp³-hybridized carbons (Fsp3) is 0. The third kappa shape index (κ3) is 4.08. The van der Waals surface area contributed by atoms with Gasteiger partial charge in [0.15, 0.2) is 0 Å². The largest absolute Gasteiger partial charge is 0.310 e. The van der Waals surface area contributed by atoms with Crippen molar-refractivity contribution < 1.29 is 0 Å². The second-order valence-electron chi connectivity index (χ2n) is 7.97. The molecule has 0 spiro atoms. The third-order valence-corrected chi connectivity index (χ3v) is 5.72.